The monoisotopic (exact) mass is 372 g/mol. The molecule has 0 spiro atoms. The highest BCUT2D eigenvalue weighted by molar-refractivity contribution is 5.97. The fourth-order valence-corrected chi connectivity index (χ4v) is 2.62. The molecule has 0 aliphatic carbocycles. The van der Waals surface area contributed by atoms with Crippen molar-refractivity contribution in [2.45, 2.75) is 25.1 Å². The molecule has 1 amide bonds. The number of methoxy groups -OCH3 is 2. The number of rotatable bonds is 6. The number of nitrogens with one attached hydrogen (secondary N) is 1. The van der Waals surface area contributed by atoms with Crippen LogP contribution in [0.2, 0.25) is 0 Å². The van der Waals surface area contributed by atoms with E-state index in [0.717, 1.165) is 6.20 Å². The van der Waals surface area contributed by atoms with Gasteiger partial charge in [-0.15, -0.1) is 0 Å². The fraction of sp³-hybridized carbons (Fsp3) is 0.412. The minimum atomic E-state index is -4.93. The fourth-order valence-electron chi connectivity index (χ4n) is 2.62. The zero-order valence-electron chi connectivity index (χ0n) is 14.3. The van der Waals surface area contributed by atoms with Crippen molar-refractivity contribution in [1.82, 2.24) is 4.90 Å². The number of hydrogen-bond acceptors (Lipinski definition) is 5. The Hall–Kier alpha value is -2.71. The van der Waals surface area contributed by atoms with Crippen molar-refractivity contribution in [1.29, 1.82) is 0 Å². The molecule has 0 radical (unpaired) electrons. The first-order chi connectivity index (χ1) is 12.3. The number of hydrogen-bond donors (Lipinski definition) is 1. The van der Waals surface area contributed by atoms with Crippen molar-refractivity contribution < 1.29 is 32.2 Å². The lowest BCUT2D eigenvalue weighted by molar-refractivity contribution is -0.165. The van der Waals surface area contributed by atoms with E-state index >= 15 is 0 Å². The number of nitrogens with zero attached hydrogens (tertiary/aromatic N) is 1. The number of alkyl halides is 3. The Bertz CT molecular complexity index is 704. The lowest BCUT2D eigenvalue weighted by atomic mass is 10.2. The second-order valence-corrected chi connectivity index (χ2v) is 5.63. The van der Waals surface area contributed by atoms with Gasteiger partial charge in [0.2, 0.25) is 5.91 Å². The number of likely N-dealkylation sites (tertiary alicyclic amines) is 1. The van der Waals surface area contributed by atoms with Crippen LogP contribution in [0.1, 0.15) is 12.8 Å². The maximum atomic E-state index is 12.5. The molecule has 0 unspecified atom stereocenters. The van der Waals surface area contributed by atoms with Gasteiger partial charge in [0.05, 0.1) is 19.9 Å². The average molecular weight is 372 g/mol. The Labute approximate surface area is 148 Å². The van der Waals surface area contributed by atoms with Crippen LogP contribution in [0.25, 0.3) is 0 Å². The summed E-state index contributed by atoms with van der Waals surface area (Å²) in [5.41, 5.74) is 0.417. The summed E-state index contributed by atoms with van der Waals surface area (Å²) in [5.74, 6) is -1.41. The molecule has 1 saturated heterocycles. The number of carbonyl (C=O) groups is 2. The number of ether oxygens (including phenoxy) is 2. The van der Waals surface area contributed by atoms with E-state index in [9.17, 15) is 22.8 Å². The second-order valence-electron chi connectivity index (χ2n) is 5.63. The highest BCUT2D eigenvalue weighted by Crippen LogP contribution is 2.30. The van der Waals surface area contributed by atoms with Gasteiger partial charge in [-0.05, 0) is 25.0 Å². The van der Waals surface area contributed by atoms with Gasteiger partial charge in [0.1, 0.15) is 17.5 Å². The molecule has 0 bridgehead atoms. The van der Waals surface area contributed by atoms with Crippen molar-refractivity contribution in [3.8, 4) is 11.5 Å². The van der Waals surface area contributed by atoms with Crippen molar-refractivity contribution >= 4 is 17.4 Å². The lowest BCUT2D eigenvalue weighted by Crippen LogP contribution is -2.37. The summed E-state index contributed by atoms with van der Waals surface area (Å²) in [6.45, 7) is 0.388. The predicted octanol–water partition coefficient (Wildman–Crippen LogP) is 2.75. The summed E-state index contributed by atoms with van der Waals surface area (Å²) in [5, 5.41) is 2.70. The van der Waals surface area contributed by atoms with E-state index in [1.807, 2.05) is 0 Å². The summed E-state index contributed by atoms with van der Waals surface area (Å²) >= 11 is 0. The minimum absolute atomic E-state index is 0.388. The molecule has 1 aliphatic rings. The van der Waals surface area contributed by atoms with Crippen molar-refractivity contribution in [2.75, 3.05) is 26.1 Å². The van der Waals surface area contributed by atoms with Gasteiger partial charge in [0.25, 0.3) is 5.78 Å². The van der Waals surface area contributed by atoms with Gasteiger partial charge < -0.3 is 19.7 Å². The molecular formula is C17H19F3N2O4. The number of ketones is 1. The van der Waals surface area contributed by atoms with E-state index in [-0.39, 0.29) is 0 Å². The van der Waals surface area contributed by atoms with E-state index in [4.69, 9.17) is 9.47 Å². The molecule has 6 nitrogen and oxygen atoms in total. The van der Waals surface area contributed by atoms with Crippen LogP contribution in [-0.4, -0.2) is 49.6 Å². The van der Waals surface area contributed by atoms with Gasteiger partial charge in [0, 0.05) is 24.9 Å². The van der Waals surface area contributed by atoms with Gasteiger partial charge in [-0.2, -0.15) is 13.2 Å². The van der Waals surface area contributed by atoms with E-state index in [0.29, 0.717) is 42.6 Å². The molecule has 1 aromatic carbocycles. The highest BCUT2D eigenvalue weighted by atomic mass is 19.4. The third-order valence-electron chi connectivity index (χ3n) is 3.96. The topological polar surface area (TPSA) is 67.9 Å². The van der Waals surface area contributed by atoms with Crippen molar-refractivity contribution in [3.63, 3.8) is 0 Å². The third-order valence-corrected chi connectivity index (χ3v) is 3.96. The molecule has 142 valence electrons. The number of amides is 1. The molecule has 1 aromatic rings. The average Bonchev–Trinajstić information content (AvgIpc) is 3.07. The molecule has 1 N–H and O–H groups in total. The molecule has 1 heterocycles. The first kappa shape index (κ1) is 19.6. The summed E-state index contributed by atoms with van der Waals surface area (Å²) in [6.07, 6.45) is -2.36. The van der Waals surface area contributed by atoms with Crippen LogP contribution < -0.4 is 14.8 Å². The van der Waals surface area contributed by atoms with Gasteiger partial charge in [-0.25, -0.2) is 0 Å². The van der Waals surface area contributed by atoms with E-state index in [1.165, 1.54) is 19.1 Å². The Morgan fingerprint density at radius 3 is 2.62 bits per heavy atom. The molecule has 9 heteroatoms. The van der Waals surface area contributed by atoms with Gasteiger partial charge in [0.15, 0.2) is 0 Å². The van der Waals surface area contributed by atoms with Crippen LogP contribution in [0.5, 0.6) is 11.5 Å². The molecule has 0 aromatic heterocycles. The van der Waals surface area contributed by atoms with E-state index in [1.54, 1.807) is 18.2 Å². The van der Waals surface area contributed by atoms with Crippen molar-refractivity contribution in [3.05, 3.63) is 30.5 Å². The Kier molecular flexibility index (Phi) is 6.12. The van der Waals surface area contributed by atoms with E-state index < -0.39 is 23.9 Å². The highest BCUT2D eigenvalue weighted by Gasteiger charge is 2.37. The standard InChI is InChI=1S/C17H19F3N2O4/c1-25-11-5-6-12(14(10-11)26-2)21-16(24)13-4-3-8-22(13)9-7-15(23)17(18,19)20/h5-7,9-10,13H,3-4,8H2,1-2H3,(H,21,24)/b9-7+/t13-/m1/s1. The summed E-state index contributed by atoms with van der Waals surface area (Å²) in [6, 6.07) is 4.19. The molecule has 26 heavy (non-hydrogen) atoms. The van der Waals surface area contributed by atoms with Crippen LogP contribution in [0.15, 0.2) is 30.5 Å². The SMILES string of the molecule is COc1ccc(NC(=O)[C@H]2CCCN2/C=C/C(=O)C(F)(F)F)c(OC)c1. The summed E-state index contributed by atoms with van der Waals surface area (Å²) in [7, 11) is 2.94. The zero-order chi connectivity index (χ0) is 19.3. The maximum Gasteiger partial charge on any atom is 0.454 e. The lowest BCUT2D eigenvalue weighted by Gasteiger charge is -2.22. The number of halogens is 3. The van der Waals surface area contributed by atoms with Gasteiger partial charge >= 0.3 is 6.18 Å². The molecule has 1 atom stereocenters. The smallest absolute Gasteiger partial charge is 0.454 e. The first-order valence-electron chi connectivity index (χ1n) is 7.84. The quantitative estimate of drug-likeness (QED) is 0.778. The molecular weight excluding hydrogens is 353 g/mol. The van der Waals surface area contributed by atoms with Crippen LogP contribution in [0.3, 0.4) is 0 Å². The number of benzene rings is 1. The van der Waals surface area contributed by atoms with Gasteiger partial charge in [-0.1, -0.05) is 0 Å². The zero-order valence-corrected chi connectivity index (χ0v) is 14.3. The maximum absolute atomic E-state index is 12.5. The number of allylic oxidation sites excluding steroid dienone is 1. The van der Waals surface area contributed by atoms with Crippen LogP contribution in [0.4, 0.5) is 18.9 Å². The van der Waals surface area contributed by atoms with Crippen LogP contribution in [-0.2, 0) is 9.59 Å². The predicted molar refractivity (Wildman–Crippen MR) is 88.1 cm³/mol. The summed E-state index contributed by atoms with van der Waals surface area (Å²) in [4.78, 5) is 24.9. The second kappa shape index (κ2) is 8.11. The Balaban J connectivity index is 2.09. The van der Waals surface area contributed by atoms with Crippen LogP contribution >= 0.6 is 0 Å². The van der Waals surface area contributed by atoms with Crippen molar-refractivity contribution in [2.24, 2.45) is 0 Å². The molecule has 2 rings (SSSR count). The molecule has 0 saturated carbocycles. The normalized spacial score (nSPS) is 17.4. The molecule has 1 aliphatic heterocycles. The van der Waals surface area contributed by atoms with Crippen LogP contribution in [0, 0.1) is 0 Å². The van der Waals surface area contributed by atoms with Gasteiger partial charge in [-0.3, -0.25) is 9.59 Å². The molecule has 1 fully saturated rings. The first-order valence-corrected chi connectivity index (χ1v) is 7.84. The number of anilines is 1. The largest absolute Gasteiger partial charge is 0.497 e. The number of carbonyl (C=O) groups excluding carboxylic acids is 2. The third kappa shape index (κ3) is 4.68. The summed E-state index contributed by atoms with van der Waals surface area (Å²) < 4.78 is 47.2. The Morgan fingerprint density at radius 1 is 1.27 bits per heavy atom. The Morgan fingerprint density at radius 2 is 2.00 bits per heavy atom. The van der Waals surface area contributed by atoms with E-state index in [2.05, 4.69) is 5.32 Å². The minimum Gasteiger partial charge on any atom is -0.497 e.